The summed E-state index contributed by atoms with van der Waals surface area (Å²) in [7, 11) is -3.06. The van der Waals surface area contributed by atoms with E-state index in [0.717, 1.165) is 0 Å². The minimum absolute atomic E-state index is 0.0382. The van der Waals surface area contributed by atoms with Crippen LogP contribution >= 0.6 is 0 Å². The monoisotopic (exact) mass is 300 g/mol. The van der Waals surface area contributed by atoms with Gasteiger partial charge in [-0.3, -0.25) is 5.41 Å². The molecule has 0 heterocycles. The zero-order chi connectivity index (χ0) is 15.2. The molecule has 0 saturated carbocycles. The van der Waals surface area contributed by atoms with E-state index in [4.69, 9.17) is 20.6 Å². The van der Waals surface area contributed by atoms with Crippen molar-refractivity contribution in [1.82, 2.24) is 0 Å². The molecule has 1 aromatic rings. The first-order valence-electron chi connectivity index (χ1n) is 6.34. The summed E-state index contributed by atoms with van der Waals surface area (Å²) in [4.78, 5) is 0. The Bertz CT molecular complexity index is 570. The Balaban J connectivity index is 2.81. The van der Waals surface area contributed by atoms with Crippen LogP contribution in [-0.4, -0.2) is 39.0 Å². The molecule has 1 rings (SSSR count). The van der Waals surface area contributed by atoms with Crippen LogP contribution in [0.4, 0.5) is 0 Å². The predicted octanol–water partition coefficient (Wildman–Crippen LogP) is 1.18. The number of hydrogen-bond acceptors (Lipinski definition) is 5. The molecular formula is C13H20N2O4S. The normalized spacial score (nSPS) is 11.1. The first-order chi connectivity index (χ1) is 9.39. The number of benzene rings is 1. The molecule has 20 heavy (non-hydrogen) atoms. The van der Waals surface area contributed by atoms with Crippen molar-refractivity contribution in [2.75, 3.05) is 24.7 Å². The molecule has 0 atom stereocenters. The molecule has 0 aromatic heterocycles. The molecule has 3 N–H and O–H groups in total. The average Bonchev–Trinajstić information content (AvgIpc) is 2.40. The summed E-state index contributed by atoms with van der Waals surface area (Å²) < 4.78 is 33.6. The van der Waals surface area contributed by atoms with Crippen LogP contribution in [0.2, 0.25) is 0 Å². The fourth-order valence-corrected chi connectivity index (χ4v) is 2.11. The number of hydrogen-bond donors (Lipinski definition) is 2. The summed E-state index contributed by atoms with van der Waals surface area (Å²) in [5.41, 5.74) is 5.94. The van der Waals surface area contributed by atoms with Gasteiger partial charge in [0.25, 0.3) is 0 Å². The quantitative estimate of drug-likeness (QED) is 0.554. The number of amidine groups is 1. The third kappa shape index (κ3) is 4.73. The minimum Gasteiger partial charge on any atom is -0.490 e. The van der Waals surface area contributed by atoms with E-state index in [-0.39, 0.29) is 23.9 Å². The summed E-state index contributed by atoms with van der Waals surface area (Å²) in [5, 5.41) is 7.38. The molecule has 0 spiro atoms. The molecule has 0 fully saturated rings. The Morgan fingerprint density at radius 2 is 1.95 bits per heavy atom. The number of nitrogens with two attached hydrogens (primary N) is 1. The molecule has 1 aromatic carbocycles. The molecule has 0 bridgehead atoms. The second-order valence-electron chi connectivity index (χ2n) is 4.09. The maximum atomic E-state index is 11.4. The van der Waals surface area contributed by atoms with Crippen molar-refractivity contribution in [3.05, 3.63) is 23.8 Å². The van der Waals surface area contributed by atoms with Gasteiger partial charge in [-0.1, -0.05) is 6.92 Å². The van der Waals surface area contributed by atoms with Crippen molar-refractivity contribution in [1.29, 1.82) is 5.41 Å². The van der Waals surface area contributed by atoms with Gasteiger partial charge in [0, 0.05) is 11.3 Å². The zero-order valence-corrected chi connectivity index (χ0v) is 12.5. The SMILES string of the molecule is CCOc1cc(C(=N)N)ccc1OCCS(=O)(=O)CC. The van der Waals surface area contributed by atoms with Crippen LogP contribution in [0.15, 0.2) is 18.2 Å². The Morgan fingerprint density at radius 3 is 2.50 bits per heavy atom. The molecule has 7 heteroatoms. The number of sulfone groups is 1. The topological polar surface area (TPSA) is 102 Å². The van der Waals surface area contributed by atoms with Crippen molar-refractivity contribution in [2.45, 2.75) is 13.8 Å². The largest absolute Gasteiger partial charge is 0.490 e. The van der Waals surface area contributed by atoms with Crippen LogP contribution < -0.4 is 15.2 Å². The maximum Gasteiger partial charge on any atom is 0.161 e. The Hall–Kier alpha value is -1.76. The lowest BCUT2D eigenvalue weighted by molar-refractivity contribution is 0.288. The van der Waals surface area contributed by atoms with Crippen LogP contribution in [0.3, 0.4) is 0 Å². The van der Waals surface area contributed by atoms with E-state index in [2.05, 4.69) is 0 Å². The predicted molar refractivity (Wildman–Crippen MR) is 78.4 cm³/mol. The fraction of sp³-hybridized carbons (Fsp3) is 0.462. The first-order valence-corrected chi connectivity index (χ1v) is 8.16. The smallest absolute Gasteiger partial charge is 0.161 e. The Kier molecular flexibility index (Phi) is 5.82. The van der Waals surface area contributed by atoms with E-state index < -0.39 is 9.84 Å². The number of nitrogens with one attached hydrogen (secondary N) is 1. The Labute approximate surface area is 119 Å². The molecule has 0 amide bonds. The van der Waals surface area contributed by atoms with Gasteiger partial charge >= 0.3 is 0 Å². The lowest BCUT2D eigenvalue weighted by Crippen LogP contribution is -2.16. The van der Waals surface area contributed by atoms with E-state index >= 15 is 0 Å². The summed E-state index contributed by atoms with van der Waals surface area (Å²) >= 11 is 0. The summed E-state index contributed by atoms with van der Waals surface area (Å²) in [6, 6.07) is 4.87. The van der Waals surface area contributed by atoms with Crippen molar-refractivity contribution in [3.63, 3.8) is 0 Å². The zero-order valence-electron chi connectivity index (χ0n) is 11.7. The van der Waals surface area contributed by atoms with Crippen LogP contribution in [0.5, 0.6) is 11.5 Å². The number of rotatable bonds is 8. The highest BCUT2D eigenvalue weighted by Crippen LogP contribution is 2.28. The number of ether oxygens (including phenoxy) is 2. The Morgan fingerprint density at radius 1 is 1.25 bits per heavy atom. The van der Waals surface area contributed by atoms with Crippen molar-refractivity contribution < 1.29 is 17.9 Å². The lowest BCUT2D eigenvalue weighted by atomic mass is 10.2. The molecule has 0 aliphatic rings. The van der Waals surface area contributed by atoms with Crippen LogP contribution in [0.1, 0.15) is 19.4 Å². The van der Waals surface area contributed by atoms with Crippen LogP contribution in [0, 0.1) is 5.41 Å². The van der Waals surface area contributed by atoms with Crippen LogP contribution in [-0.2, 0) is 9.84 Å². The molecular weight excluding hydrogens is 280 g/mol. The fourth-order valence-electron chi connectivity index (χ4n) is 1.49. The summed E-state index contributed by atoms with van der Waals surface area (Å²) in [5.74, 6) is 0.893. The van der Waals surface area contributed by atoms with Gasteiger partial charge in [0.15, 0.2) is 21.3 Å². The van der Waals surface area contributed by atoms with Crippen molar-refractivity contribution in [2.24, 2.45) is 5.73 Å². The molecule has 6 nitrogen and oxygen atoms in total. The number of nitrogen functional groups attached to an aromatic ring is 1. The van der Waals surface area contributed by atoms with Gasteiger partial charge in [0.1, 0.15) is 12.4 Å². The van der Waals surface area contributed by atoms with Crippen molar-refractivity contribution in [3.8, 4) is 11.5 Å². The highest BCUT2D eigenvalue weighted by atomic mass is 32.2. The standard InChI is InChI=1S/C13H20N2O4S/c1-3-18-12-9-10(13(14)15)5-6-11(12)19-7-8-20(16,17)4-2/h5-6,9H,3-4,7-8H2,1-2H3,(H3,14,15). The van der Waals surface area contributed by atoms with E-state index in [0.29, 0.717) is 23.7 Å². The molecule has 0 saturated heterocycles. The first kappa shape index (κ1) is 16.3. The van der Waals surface area contributed by atoms with Gasteiger partial charge in [0.05, 0.1) is 12.4 Å². The van der Waals surface area contributed by atoms with E-state index in [1.807, 2.05) is 6.92 Å². The maximum absolute atomic E-state index is 11.4. The van der Waals surface area contributed by atoms with Gasteiger partial charge in [-0.05, 0) is 25.1 Å². The van der Waals surface area contributed by atoms with E-state index in [9.17, 15) is 8.42 Å². The minimum atomic E-state index is -3.06. The van der Waals surface area contributed by atoms with E-state index in [1.54, 1.807) is 25.1 Å². The second kappa shape index (κ2) is 7.14. The molecule has 112 valence electrons. The van der Waals surface area contributed by atoms with Crippen LogP contribution in [0.25, 0.3) is 0 Å². The highest BCUT2D eigenvalue weighted by Gasteiger charge is 2.11. The molecule has 0 aliphatic heterocycles. The molecule has 0 unspecified atom stereocenters. The molecule has 0 aliphatic carbocycles. The second-order valence-corrected chi connectivity index (χ2v) is 6.57. The lowest BCUT2D eigenvalue weighted by Gasteiger charge is -2.13. The average molecular weight is 300 g/mol. The van der Waals surface area contributed by atoms with Gasteiger partial charge in [-0.15, -0.1) is 0 Å². The van der Waals surface area contributed by atoms with Gasteiger partial charge in [-0.2, -0.15) is 0 Å². The van der Waals surface area contributed by atoms with Gasteiger partial charge < -0.3 is 15.2 Å². The summed E-state index contributed by atoms with van der Waals surface area (Å²) in [6.45, 7) is 3.93. The van der Waals surface area contributed by atoms with Crippen molar-refractivity contribution >= 4 is 15.7 Å². The third-order valence-corrected chi connectivity index (χ3v) is 4.31. The highest BCUT2D eigenvalue weighted by molar-refractivity contribution is 7.91. The van der Waals surface area contributed by atoms with Gasteiger partial charge in [-0.25, -0.2) is 8.42 Å². The third-order valence-electron chi connectivity index (χ3n) is 2.65. The van der Waals surface area contributed by atoms with Gasteiger partial charge in [0.2, 0.25) is 0 Å². The van der Waals surface area contributed by atoms with E-state index in [1.165, 1.54) is 0 Å². The summed E-state index contributed by atoms with van der Waals surface area (Å²) in [6.07, 6.45) is 0. The molecule has 0 radical (unpaired) electrons.